The number of alkyl halides is 1. The number of hydrogen-bond donors (Lipinski definition) is 1. The van der Waals surface area contributed by atoms with Crippen molar-refractivity contribution in [2.24, 2.45) is 0 Å². The second kappa shape index (κ2) is 4.04. The van der Waals surface area contributed by atoms with E-state index in [-0.39, 0.29) is 12.1 Å². The molecular formula is C7H7ClN2O3. The van der Waals surface area contributed by atoms with Crippen LogP contribution < -0.4 is 5.56 Å². The Bertz CT molecular complexity index is 363. The van der Waals surface area contributed by atoms with Crippen LogP contribution in [0.3, 0.4) is 0 Å². The number of aliphatic carboxylic acids is 1. The van der Waals surface area contributed by atoms with E-state index in [9.17, 15) is 9.59 Å². The Hall–Kier alpha value is -1.36. The van der Waals surface area contributed by atoms with Crippen LogP contribution in [0, 0.1) is 0 Å². The maximum Gasteiger partial charge on any atom is 0.323 e. The summed E-state index contributed by atoms with van der Waals surface area (Å²) in [6.45, 7) is -0.0798. The summed E-state index contributed by atoms with van der Waals surface area (Å²) in [5, 5.41) is 7.36. The molecule has 0 aromatic carbocycles. The van der Waals surface area contributed by atoms with Crippen molar-refractivity contribution in [1.82, 2.24) is 9.55 Å². The van der Waals surface area contributed by atoms with Crippen LogP contribution in [-0.2, 0) is 11.3 Å². The molecule has 0 aliphatic heterocycles. The summed E-state index contributed by atoms with van der Waals surface area (Å²) in [4.78, 5) is 25.1. The minimum atomic E-state index is -1.16. The lowest BCUT2D eigenvalue weighted by molar-refractivity contribution is -0.136. The number of nitrogens with zero attached hydrogens (tertiary/aromatic N) is 2. The third-order valence-electron chi connectivity index (χ3n) is 1.42. The van der Waals surface area contributed by atoms with Gasteiger partial charge < -0.3 is 5.11 Å². The molecule has 13 heavy (non-hydrogen) atoms. The molecule has 70 valence electrons. The third kappa shape index (κ3) is 2.55. The molecule has 0 saturated carbocycles. The number of halogens is 1. The second-order valence-electron chi connectivity index (χ2n) is 2.38. The Morgan fingerprint density at radius 2 is 2.46 bits per heavy atom. The smallest absolute Gasteiger partial charge is 0.323 e. The van der Waals surface area contributed by atoms with Crippen LogP contribution >= 0.6 is 11.6 Å². The molecule has 1 atom stereocenters. The van der Waals surface area contributed by atoms with E-state index in [1.54, 1.807) is 0 Å². The van der Waals surface area contributed by atoms with Gasteiger partial charge in [0.1, 0.15) is 5.38 Å². The maximum absolute atomic E-state index is 11.0. The van der Waals surface area contributed by atoms with Gasteiger partial charge in [-0.05, 0) is 0 Å². The molecule has 0 radical (unpaired) electrons. The molecule has 1 aromatic heterocycles. The van der Waals surface area contributed by atoms with Gasteiger partial charge in [-0.2, -0.15) is 0 Å². The van der Waals surface area contributed by atoms with Crippen LogP contribution in [0.4, 0.5) is 0 Å². The molecule has 1 unspecified atom stereocenters. The minimum absolute atomic E-state index is 0.0798. The van der Waals surface area contributed by atoms with Crippen LogP contribution in [0.2, 0.25) is 0 Å². The first-order chi connectivity index (χ1) is 6.11. The normalized spacial score (nSPS) is 12.4. The molecule has 1 rings (SSSR count). The highest BCUT2D eigenvalue weighted by Crippen LogP contribution is 1.97. The molecule has 6 heteroatoms. The average Bonchev–Trinajstić information content (AvgIpc) is 2.08. The Morgan fingerprint density at radius 1 is 1.77 bits per heavy atom. The summed E-state index contributed by atoms with van der Waals surface area (Å²) in [5.41, 5.74) is -0.318. The largest absolute Gasteiger partial charge is 0.480 e. The van der Waals surface area contributed by atoms with Gasteiger partial charge in [0.15, 0.2) is 0 Å². The molecule has 0 fully saturated rings. The fourth-order valence-electron chi connectivity index (χ4n) is 0.766. The first-order valence-electron chi connectivity index (χ1n) is 3.48. The maximum atomic E-state index is 11.0. The summed E-state index contributed by atoms with van der Waals surface area (Å²) in [5.74, 6) is -1.16. The summed E-state index contributed by atoms with van der Waals surface area (Å²) in [6, 6.07) is 1.24. The molecule has 0 bridgehead atoms. The zero-order chi connectivity index (χ0) is 9.84. The molecule has 0 aliphatic carbocycles. The van der Waals surface area contributed by atoms with Gasteiger partial charge in [-0.25, -0.2) is 4.98 Å². The predicted octanol–water partition coefficient (Wildman–Crippen LogP) is -0.0647. The van der Waals surface area contributed by atoms with Crippen molar-refractivity contribution >= 4 is 17.6 Å². The molecule has 5 nitrogen and oxygen atoms in total. The molecule has 1 aromatic rings. The van der Waals surface area contributed by atoms with Crippen LogP contribution in [0.1, 0.15) is 0 Å². The van der Waals surface area contributed by atoms with Gasteiger partial charge in [0, 0.05) is 12.3 Å². The minimum Gasteiger partial charge on any atom is -0.480 e. The Balaban J connectivity index is 2.81. The summed E-state index contributed by atoms with van der Waals surface area (Å²) >= 11 is 5.44. The first-order valence-corrected chi connectivity index (χ1v) is 3.92. The lowest BCUT2D eigenvalue weighted by atomic mass is 10.4. The number of aromatic nitrogens is 2. The van der Waals surface area contributed by atoms with Crippen molar-refractivity contribution in [3.05, 3.63) is 28.9 Å². The van der Waals surface area contributed by atoms with Gasteiger partial charge in [-0.15, -0.1) is 11.6 Å². The Labute approximate surface area is 78.6 Å². The van der Waals surface area contributed by atoms with Crippen LogP contribution in [-0.4, -0.2) is 26.0 Å². The highest BCUT2D eigenvalue weighted by molar-refractivity contribution is 6.29. The van der Waals surface area contributed by atoms with E-state index in [0.717, 1.165) is 4.57 Å². The molecule has 0 spiro atoms. The van der Waals surface area contributed by atoms with E-state index in [2.05, 4.69) is 4.98 Å². The number of carbonyl (C=O) groups is 1. The van der Waals surface area contributed by atoms with E-state index < -0.39 is 11.3 Å². The average molecular weight is 203 g/mol. The zero-order valence-corrected chi connectivity index (χ0v) is 7.31. The van der Waals surface area contributed by atoms with Crippen molar-refractivity contribution in [2.75, 3.05) is 0 Å². The summed E-state index contributed by atoms with van der Waals surface area (Å²) in [6.07, 6.45) is 2.59. The van der Waals surface area contributed by atoms with Gasteiger partial charge in [0.25, 0.3) is 5.56 Å². The highest BCUT2D eigenvalue weighted by Gasteiger charge is 2.14. The lowest BCUT2D eigenvalue weighted by Crippen LogP contribution is -2.27. The Morgan fingerprint density at radius 3 is 3.00 bits per heavy atom. The second-order valence-corrected chi connectivity index (χ2v) is 2.90. The van der Waals surface area contributed by atoms with Crippen molar-refractivity contribution < 1.29 is 9.90 Å². The van der Waals surface area contributed by atoms with E-state index in [0.29, 0.717) is 0 Å². The fourth-order valence-corrected chi connectivity index (χ4v) is 0.915. The molecular weight excluding hydrogens is 196 g/mol. The van der Waals surface area contributed by atoms with Crippen LogP contribution in [0.15, 0.2) is 23.4 Å². The topological polar surface area (TPSA) is 72.2 Å². The van der Waals surface area contributed by atoms with E-state index in [1.165, 1.54) is 18.6 Å². The van der Waals surface area contributed by atoms with Gasteiger partial charge >= 0.3 is 5.97 Å². The van der Waals surface area contributed by atoms with Gasteiger partial charge in [-0.1, -0.05) is 0 Å². The van der Waals surface area contributed by atoms with Crippen LogP contribution in [0.25, 0.3) is 0 Å². The van der Waals surface area contributed by atoms with E-state index >= 15 is 0 Å². The zero-order valence-electron chi connectivity index (χ0n) is 6.55. The SMILES string of the molecule is O=C(O)C(Cl)Cn1cnccc1=O. The number of rotatable bonds is 3. The molecule has 0 aliphatic rings. The van der Waals surface area contributed by atoms with Crippen LogP contribution in [0.5, 0.6) is 0 Å². The van der Waals surface area contributed by atoms with Crippen molar-refractivity contribution in [3.8, 4) is 0 Å². The number of hydrogen-bond acceptors (Lipinski definition) is 3. The molecule has 0 saturated heterocycles. The fraction of sp³-hybridized carbons (Fsp3) is 0.286. The van der Waals surface area contributed by atoms with Gasteiger partial charge in [0.05, 0.1) is 12.9 Å². The summed E-state index contributed by atoms with van der Waals surface area (Å²) in [7, 11) is 0. The molecule has 1 heterocycles. The van der Waals surface area contributed by atoms with Gasteiger partial charge in [0.2, 0.25) is 0 Å². The van der Waals surface area contributed by atoms with Crippen molar-refractivity contribution in [1.29, 1.82) is 0 Å². The lowest BCUT2D eigenvalue weighted by Gasteiger charge is -2.05. The standard InChI is InChI=1S/C7H7ClN2O3/c8-5(7(12)13)3-10-4-9-2-1-6(10)11/h1-2,4-5H,3H2,(H,12,13). The van der Waals surface area contributed by atoms with Gasteiger partial charge in [-0.3, -0.25) is 14.2 Å². The molecule has 0 amide bonds. The predicted molar refractivity (Wildman–Crippen MR) is 45.8 cm³/mol. The quantitative estimate of drug-likeness (QED) is 0.697. The van der Waals surface area contributed by atoms with E-state index in [4.69, 9.17) is 16.7 Å². The molecule has 1 N–H and O–H groups in total. The van der Waals surface area contributed by atoms with E-state index in [1.807, 2.05) is 0 Å². The van der Waals surface area contributed by atoms with Crippen molar-refractivity contribution in [3.63, 3.8) is 0 Å². The first kappa shape index (κ1) is 9.73. The number of carboxylic acids is 1. The third-order valence-corrected chi connectivity index (χ3v) is 1.74. The Kier molecular flexibility index (Phi) is 3.02. The van der Waals surface area contributed by atoms with Crippen molar-refractivity contribution in [2.45, 2.75) is 11.9 Å². The summed E-state index contributed by atoms with van der Waals surface area (Å²) < 4.78 is 1.14. The highest BCUT2D eigenvalue weighted by atomic mass is 35.5. The monoisotopic (exact) mass is 202 g/mol. The number of carboxylic acid groups (broad SMARTS) is 1.